The van der Waals surface area contributed by atoms with Crippen molar-refractivity contribution in [1.29, 1.82) is 0 Å². The van der Waals surface area contributed by atoms with E-state index in [0.717, 1.165) is 6.42 Å². The first-order chi connectivity index (χ1) is 5.11. The molecule has 4 heteroatoms. The van der Waals surface area contributed by atoms with Gasteiger partial charge in [-0.25, -0.2) is 0 Å². The van der Waals surface area contributed by atoms with E-state index in [1.807, 2.05) is 0 Å². The quantitative estimate of drug-likeness (QED) is 0.434. The Morgan fingerprint density at radius 1 is 1.36 bits per heavy atom. The maximum Gasteiger partial charge on any atom is 0.0584 e. The molecule has 0 aliphatic carbocycles. The minimum Gasteiger partial charge on any atom is -0.382 e. The fourth-order valence-corrected chi connectivity index (χ4v) is 1.07. The predicted molar refractivity (Wildman–Crippen MR) is 53.4 cm³/mol. The Morgan fingerprint density at radius 3 is 2.27 bits per heavy atom. The standard InChI is InChI=1S/C7H16INO2/c1-6(9(8)11-4)5-7(2)10-3/h6-7H,5H2,1-4H3/t6-,7?/m0/s1. The zero-order valence-electron chi connectivity index (χ0n) is 7.50. The summed E-state index contributed by atoms with van der Waals surface area (Å²) in [6, 6.07) is 0.385. The van der Waals surface area contributed by atoms with Gasteiger partial charge in [0.05, 0.1) is 13.2 Å². The normalized spacial score (nSPS) is 16.9. The minimum atomic E-state index is 0.289. The van der Waals surface area contributed by atoms with Gasteiger partial charge < -0.3 is 4.74 Å². The van der Waals surface area contributed by atoms with Crippen molar-refractivity contribution in [3.05, 3.63) is 0 Å². The van der Waals surface area contributed by atoms with Gasteiger partial charge in [0.2, 0.25) is 0 Å². The highest BCUT2D eigenvalue weighted by Gasteiger charge is 2.13. The van der Waals surface area contributed by atoms with Crippen LogP contribution in [0.1, 0.15) is 20.3 Å². The van der Waals surface area contributed by atoms with Gasteiger partial charge in [0, 0.05) is 36.0 Å². The van der Waals surface area contributed by atoms with E-state index >= 15 is 0 Å². The maximum atomic E-state index is 5.13. The van der Waals surface area contributed by atoms with Gasteiger partial charge in [-0.05, 0) is 20.3 Å². The van der Waals surface area contributed by atoms with Crippen LogP contribution in [0.5, 0.6) is 0 Å². The monoisotopic (exact) mass is 273 g/mol. The molecule has 0 rings (SSSR count). The van der Waals surface area contributed by atoms with Gasteiger partial charge in [-0.2, -0.15) is 0 Å². The van der Waals surface area contributed by atoms with Crippen molar-refractivity contribution in [1.82, 2.24) is 3.28 Å². The number of hydroxylamine groups is 1. The molecule has 3 nitrogen and oxygen atoms in total. The van der Waals surface area contributed by atoms with Gasteiger partial charge in [0.25, 0.3) is 0 Å². The van der Waals surface area contributed by atoms with E-state index in [2.05, 4.69) is 36.7 Å². The highest BCUT2D eigenvalue weighted by atomic mass is 127. The average molecular weight is 273 g/mol. The zero-order valence-corrected chi connectivity index (χ0v) is 9.66. The molecule has 0 aliphatic heterocycles. The molecule has 0 spiro atoms. The second kappa shape index (κ2) is 6.16. The Kier molecular flexibility index (Phi) is 6.50. The summed E-state index contributed by atoms with van der Waals surface area (Å²) in [6.07, 6.45) is 1.27. The number of nitrogens with zero attached hydrogens (tertiary/aromatic N) is 1. The van der Waals surface area contributed by atoms with Crippen LogP contribution in [0.15, 0.2) is 0 Å². The molecule has 0 saturated heterocycles. The Hall–Kier alpha value is 0.610. The molecule has 1 unspecified atom stereocenters. The summed E-state index contributed by atoms with van der Waals surface area (Å²) >= 11 is 2.14. The largest absolute Gasteiger partial charge is 0.382 e. The summed E-state index contributed by atoms with van der Waals surface area (Å²) in [5.74, 6) is 0. The molecule has 0 amide bonds. The first kappa shape index (κ1) is 11.6. The smallest absolute Gasteiger partial charge is 0.0584 e. The minimum absolute atomic E-state index is 0.289. The van der Waals surface area contributed by atoms with Crippen LogP contribution in [0.3, 0.4) is 0 Å². The lowest BCUT2D eigenvalue weighted by Gasteiger charge is -2.21. The van der Waals surface area contributed by atoms with Crippen molar-refractivity contribution < 1.29 is 9.57 Å². The van der Waals surface area contributed by atoms with Crippen molar-refractivity contribution >= 4 is 22.9 Å². The van der Waals surface area contributed by atoms with E-state index in [9.17, 15) is 0 Å². The lowest BCUT2D eigenvalue weighted by molar-refractivity contribution is -0.0571. The Bertz CT molecular complexity index is 102. The second-order valence-electron chi connectivity index (χ2n) is 2.59. The third kappa shape index (κ3) is 4.95. The van der Waals surface area contributed by atoms with E-state index in [4.69, 9.17) is 9.57 Å². The van der Waals surface area contributed by atoms with Crippen molar-refractivity contribution in [2.24, 2.45) is 0 Å². The van der Waals surface area contributed by atoms with E-state index < -0.39 is 0 Å². The van der Waals surface area contributed by atoms with Crippen LogP contribution in [-0.4, -0.2) is 29.6 Å². The van der Waals surface area contributed by atoms with Crippen molar-refractivity contribution in [2.75, 3.05) is 14.2 Å². The molecule has 2 atom stereocenters. The maximum absolute atomic E-state index is 5.13. The first-order valence-electron chi connectivity index (χ1n) is 3.63. The molecule has 0 aromatic carbocycles. The Balaban J connectivity index is 3.58. The van der Waals surface area contributed by atoms with Gasteiger partial charge in [-0.15, -0.1) is 3.28 Å². The average Bonchev–Trinajstić information content (AvgIpc) is 2.02. The molecule has 0 aromatic heterocycles. The third-order valence-corrected chi connectivity index (χ3v) is 2.94. The van der Waals surface area contributed by atoms with Gasteiger partial charge in [-0.3, -0.25) is 4.84 Å². The van der Waals surface area contributed by atoms with Crippen molar-refractivity contribution in [3.8, 4) is 0 Å². The molecular formula is C7H16INO2. The lowest BCUT2D eigenvalue weighted by Crippen LogP contribution is -2.26. The SMILES string of the molecule is COC(C)C[C@H](C)N(I)OC. The predicted octanol–water partition coefficient (Wildman–Crippen LogP) is 2.01. The molecule has 0 radical (unpaired) electrons. The summed E-state index contributed by atoms with van der Waals surface area (Å²) < 4.78 is 6.93. The van der Waals surface area contributed by atoms with Gasteiger partial charge in [-0.1, -0.05) is 0 Å². The second-order valence-corrected chi connectivity index (χ2v) is 3.54. The molecule has 0 fully saturated rings. The summed E-state index contributed by atoms with van der Waals surface area (Å²) in [5.41, 5.74) is 0. The summed E-state index contributed by atoms with van der Waals surface area (Å²) in [5, 5.41) is 0. The summed E-state index contributed by atoms with van der Waals surface area (Å²) in [6.45, 7) is 4.15. The highest BCUT2D eigenvalue weighted by molar-refractivity contribution is 14.1. The van der Waals surface area contributed by atoms with E-state index in [0.29, 0.717) is 6.04 Å². The zero-order chi connectivity index (χ0) is 8.85. The summed E-state index contributed by atoms with van der Waals surface area (Å²) in [4.78, 5) is 5.02. The molecule has 0 aromatic rings. The Labute approximate surface area is 82.5 Å². The molecule has 0 saturated carbocycles. The fourth-order valence-electron chi connectivity index (χ4n) is 0.839. The number of methoxy groups -OCH3 is 1. The van der Waals surface area contributed by atoms with E-state index in [1.165, 1.54) is 0 Å². The summed E-state index contributed by atoms with van der Waals surface area (Å²) in [7, 11) is 3.39. The molecule has 68 valence electrons. The van der Waals surface area contributed by atoms with Crippen LogP contribution < -0.4 is 0 Å². The lowest BCUT2D eigenvalue weighted by atomic mass is 10.2. The van der Waals surface area contributed by atoms with Gasteiger partial charge in [0.1, 0.15) is 0 Å². The van der Waals surface area contributed by atoms with Crippen molar-refractivity contribution in [2.45, 2.75) is 32.4 Å². The van der Waals surface area contributed by atoms with Crippen LogP contribution in [0.25, 0.3) is 0 Å². The number of hydrogen-bond acceptors (Lipinski definition) is 3. The first-order valence-corrected chi connectivity index (χ1v) is 4.60. The topological polar surface area (TPSA) is 21.7 Å². The molecule has 0 N–H and O–H groups in total. The highest BCUT2D eigenvalue weighted by Crippen LogP contribution is 2.12. The number of halogens is 1. The van der Waals surface area contributed by atoms with Crippen LogP contribution in [0, 0.1) is 0 Å². The van der Waals surface area contributed by atoms with E-state index in [1.54, 1.807) is 17.5 Å². The van der Waals surface area contributed by atoms with E-state index in [-0.39, 0.29) is 6.10 Å². The van der Waals surface area contributed by atoms with Crippen molar-refractivity contribution in [3.63, 3.8) is 0 Å². The number of hydrogen-bond donors (Lipinski definition) is 0. The fraction of sp³-hybridized carbons (Fsp3) is 1.00. The molecule has 0 aliphatic rings. The molecule has 0 heterocycles. The molecular weight excluding hydrogens is 257 g/mol. The van der Waals surface area contributed by atoms with Crippen LogP contribution in [0.2, 0.25) is 0 Å². The number of ether oxygens (including phenoxy) is 1. The third-order valence-electron chi connectivity index (χ3n) is 1.60. The molecule has 11 heavy (non-hydrogen) atoms. The van der Waals surface area contributed by atoms with Crippen LogP contribution in [-0.2, 0) is 9.57 Å². The van der Waals surface area contributed by atoms with Gasteiger partial charge >= 0.3 is 0 Å². The Morgan fingerprint density at radius 2 is 1.91 bits per heavy atom. The van der Waals surface area contributed by atoms with Crippen LogP contribution in [0.4, 0.5) is 0 Å². The van der Waals surface area contributed by atoms with Gasteiger partial charge in [0.15, 0.2) is 0 Å². The number of rotatable bonds is 5. The molecule has 0 bridgehead atoms. The van der Waals surface area contributed by atoms with Crippen LogP contribution >= 0.6 is 22.9 Å².